The molecule has 1 heterocycles. The highest BCUT2D eigenvalue weighted by atomic mass is 32.2. The lowest BCUT2D eigenvalue weighted by Gasteiger charge is -2.15. The van der Waals surface area contributed by atoms with E-state index < -0.39 is 11.6 Å². The lowest BCUT2D eigenvalue weighted by molar-refractivity contribution is -0.154. The molecule has 0 aromatic carbocycles. The van der Waals surface area contributed by atoms with E-state index in [1.807, 2.05) is 12.3 Å². The van der Waals surface area contributed by atoms with Crippen LogP contribution in [-0.2, 0) is 4.79 Å². The fourth-order valence-corrected chi connectivity index (χ4v) is 2.51. The van der Waals surface area contributed by atoms with Crippen molar-refractivity contribution < 1.29 is 15.0 Å². The molecule has 0 spiro atoms. The summed E-state index contributed by atoms with van der Waals surface area (Å²) in [4.78, 5) is 14.7. The van der Waals surface area contributed by atoms with E-state index in [0.717, 1.165) is 10.0 Å². The third kappa shape index (κ3) is 2.97. The van der Waals surface area contributed by atoms with Gasteiger partial charge in [0.2, 0.25) is 0 Å². The van der Waals surface area contributed by atoms with Crippen LogP contribution >= 0.6 is 23.1 Å². The molecule has 1 rings (SSSR count). The maximum Gasteiger partial charge on any atom is 0.336 e. The van der Waals surface area contributed by atoms with Crippen molar-refractivity contribution in [1.29, 1.82) is 0 Å². The molecule has 1 aromatic heterocycles. The number of hydrogen-bond acceptors (Lipinski definition) is 5. The fourth-order valence-electron chi connectivity index (χ4n) is 0.663. The molecule has 6 heteroatoms. The van der Waals surface area contributed by atoms with Crippen LogP contribution in [0.15, 0.2) is 9.72 Å². The van der Waals surface area contributed by atoms with Gasteiger partial charge in [-0.15, -0.1) is 11.3 Å². The molecule has 0 aliphatic carbocycles. The van der Waals surface area contributed by atoms with Gasteiger partial charge in [-0.1, -0.05) is 11.8 Å². The Hall–Kier alpha value is -0.590. The summed E-state index contributed by atoms with van der Waals surface area (Å²) in [6.45, 7) is 3.15. The number of thiazole rings is 1. The highest BCUT2D eigenvalue weighted by molar-refractivity contribution is 8.01. The van der Waals surface area contributed by atoms with Gasteiger partial charge < -0.3 is 10.2 Å². The van der Waals surface area contributed by atoms with Crippen LogP contribution < -0.4 is 0 Å². The molecule has 1 unspecified atom stereocenters. The quantitative estimate of drug-likeness (QED) is 0.769. The number of thioether (sulfide) groups is 1. The minimum absolute atomic E-state index is 0.106. The Morgan fingerprint density at radius 2 is 2.43 bits per heavy atom. The molecule has 0 aliphatic rings. The van der Waals surface area contributed by atoms with Gasteiger partial charge in [-0.05, 0) is 13.8 Å². The van der Waals surface area contributed by atoms with Crippen LogP contribution in [0.25, 0.3) is 0 Å². The lowest BCUT2D eigenvalue weighted by atomic mass is 10.1. The Bertz CT molecular complexity index is 335. The topological polar surface area (TPSA) is 70.4 Å². The smallest absolute Gasteiger partial charge is 0.336 e. The Balaban J connectivity index is 2.52. The predicted octanol–water partition coefficient (Wildman–Crippen LogP) is 1.38. The SMILES string of the molecule is Cc1csc(SCC(C)(O)C(=O)O)n1. The van der Waals surface area contributed by atoms with Crippen LogP contribution in [0, 0.1) is 6.92 Å². The summed E-state index contributed by atoms with van der Waals surface area (Å²) in [7, 11) is 0. The molecule has 78 valence electrons. The average molecular weight is 233 g/mol. The Kier molecular flexibility index (Phi) is 3.52. The third-order valence-electron chi connectivity index (χ3n) is 1.54. The second-order valence-electron chi connectivity index (χ2n) is 3.12. The zero-order valence-electron chi connectivity index (χ0n) is 7.85. The van der Waals surface area contributed by atoms with Crippen molar-refractivity contribution in [3.63, 3.8) is 0 Å². The Morgan fingerprint density at radius 3 is 2.86 bits per heavy atom. The monoisotopic (exact) mass is 233 g/mol. The van der Waals surface area contributed by atoms with Crippen LogP contribution in [0.3, 0.4) is 0 Å². The molecule has 0 saturated carbocycles. The Labute approximate surface area is 90.0 Å². The van der Waals surface area contributed by atoms with Crippen molar-refractivity contribution in [2.45, 2.75) is 23.8 Å². The molecule has 0 aliphatic heterocycles. The standard InChI is InChI=1S/C8H11NO3S2/c1-5-3-13-7(9-5)14-4-8(2,12)6(10)11/h3,12H,4H2,1-2H3,(H,10,11). The van der Waals surface area contributed by atoms with E-state index in [9.17, 15) is 9.90 Å². The highest BCUT2D eigenvalue weighted by Gasteiger charge is 2.30. The molecule has 1 atom stereocenters. The minimum Gasteiger partial charge on any atom is -0.479 e. The van der Waals surface area contributed by atoms with E-state index in [1.165, 1.54) is 30.0 Å². The normalized spacial score (nSPS) is 15.1. The first-order valence-corrected chi connectivity index (χ1v) is 5.79. The van der Waals surface area contributed by atoms with Gasteiger partial charge >= 0.3 is 5.97 Å². The van der Waals surface area contributed by atoms with Gasteiger partial charge in [0.15, 0.2) is 5.60 Å². The summed E-state index contributed by atoms with van der Waals surface area (Å²) in [5.41, 5.74) is -0.781. The molecule has 0 radical (unpaired) electrons. The summed E-state index contributed by atoms with van der Waals surface area (Å²) in [6, 6.07) is 0. The van der Waals surface area contributed by atoms with Crippen molar-refractivity contribution in [3.8, 4) is 0 Å². The van der Waals surface area contributed by atoms with Crippen LogP contribution in [0.1, 0.15) is 12.6 Å². The summed E-state index contributed by atoms with van der Waals surface area (Å²) < 4.78 is 0.782. The van der Waals surface area contributed by atoms with Crippen LogP contribution in [0.4, 0.5) is 0 Å². The number of aliphatic hydroxyl groups is 1. The third-order valence-corrected chi connectivity index (χ3v) is 3.97. The first-order valence-electron chi connectivity index (χ1n) is 3.92. The number of aromatic nitrogens is 1. The number of aliphatic carboxylic acids is 1. The van der Waals surface area contributed by atoms with E-state index in [0.29, 0.717) is 0 Å². The average Bonchev–Trinajstić information content (AvgIpc) is 2.48. The molecule has 4 nitrogen and oxygen atoms in total. The lowest BCUT2D eigenvalue weighted by Crippen LogP contribution is -2.37. The van der Waals surface area contributed by atoms with Crippen LogP contribution in [-0.4, -0.2) is 32.5 Å². The number of carbonyl (C=O) groups is 1. The van der Waals surface area contributed by atoms with Gasteiger partial charge in [0.1, 0.15) is 4.34 Å². The second kappa shape index (κ2) is 4.29. The molecular formula is C8H11NO3S2. The van der Waals surface area contributed by atoms with E-state index in [4.69, 9.17) is 5.11 Å². The molecule has 0 fully saturated rings. The zero-order chi connectivity index (χ0) is 10.8. The molecule has 0 bridgehead atoms. The van der Waals surface area contributed by atoms with Gasteiger partial charge in [-0.25, -0.2) is 9.78 Å². The summed E-state index contributed by atoms with van der Waals surface area (Å²) in [5, 5.41) is 19.9. The maximum absolute atomic E-state index is 10.6. The van der Waals surface area contributed by atoms with E-state index in [-0.39, 0.29) is 5.75 Å². The van der Waals surface area contributed by atoms with Crippen molar-refractivity contribution in [2.24, 2.45) is 0 Å². The second-order valence-corrected chi connectivity index (χ2v) is 5.20. The van der Waals surface area contributed by atoms with Crippen LogP contribution in [0.2, 0.25) is 0 Å². The number of carboxylic acid groups (broad SMARTS) is 1. The van der Waals surface area contributed by atoms with E-state index in [1.54, 1.807) is 0 Å². The van der Waals surface area contributed by atoms with Gasteiger partial charge in [-0.2, -0.15) is 0 Å². The molecule has 2 N–H and O–H groups in total. The van der Waals surface area contributed by atoms with Crippen molar-refractivity contribution in [1.82, 2.24) is 4.98 Å². The molecule has 1 aromatic rings. The van der Waals surface area contributed by atoms with Crippen LogP contribution in [0.5, 0.6) is 0 Å². The van der Waals surface area contributed by atoms with Crippen molar-refractivity contribution >= 4 is 29.1 Å². The largest absolute Gasteiger partial charge is 0.479 e. The maximum atomic E-state index is 10.6. The molecule has 14 heavy (non-hydrogen) atoms. The van der Waals surface area contributed by atoms with Gasteiger partial charge in [0.25, 0.3) is 0 Å². The molecular weight excluding hydrogens is 222 g/mol. The van der Waals surface area contributed by atoms with Gasteiger partial charge in [-0.3, -0.25) is 0 Å². The Morgan fingerprint density at radius 1 is 1.79 bits per heavy atom. The number of nitrogens with zero attached hydrogens (tertiary/aromatic N) is 1. The first kappa shape index (κ1) is 11.5. The number of rotatable bonds is 4. The minimum atomic E-state index is -1.69. The van der Waals surface area contributed by atoms with Gasteiger partial charge in [0.05, 0.1) is 0 Å². The predicted molar refractivity (Wildman–Crippen MR) is 55.8 cm³/mol. The van der Waals surface area contributed by atoms with Crippen molar-refractivity contribution in [2.75, 3.05) is 5.75 Å². The summed E-state index contributed by atoms with van der Waals surface area (Å²) in [5.74, 6) is -1.10. The summed E-state index contributed by atoms with van der Waals surface area (Å²) >= 11 is 2.70. The van der Waals surface area contributed by atoms with Crippen molar-refractivity contribution in [3.05, 3.63) is 11.1 Å². The summed E-state index contributed by atoms with van der Waals surface area (Å²) in [6.07, 6.45) is 0. The fraction of sp³-hybridized carbons (Fsp3) is 0.500. The molecule has 0 saturated heterocycles. The molecule has 0 amide bonds. The number of carboxylic acids is 1. The highest BCUT2D eigenvalue weighted by Crippen LogP contribution is 2.25. The van der Waals surface area contributed by atoms with E-state index >= 15 is 0 Å². The van der Waals surface area contributed by atoms with Gasteiger partial charge in [0, 0.05) is 16.8 Å². The number of aryl methyl sites for hydroxylation is 1. The van der Waals surface area contributed by atoms with E-state index in [2.05, 4.69) is 4.98 Å². The number of hydrogen-bond donors (Lipinski definition) is 2. The zero-order valence-corrected chi connectivity index (χ0v) is 9.48. The first-order chi connectivity index (χ1) is 6.42.